The molecule has 0 radical (unpaired) electrons. The van der Waals surface area contributed by atoms with Gasteiger partial charge in [-0.15, -0.1) is 0 Å². The Morgan fingerprint density at radius 2 is 1.91 bits per heavy atom. The van der Waals surface area contributed by atoms with Crippen molar-refractivity contribution in [1.82, 2.24) is 4.90 Å². The first-order chi connectivity index (χ1) is 10.6. The fourth-order valence-corrected chi connectivity index (χ4v) is 2.89. The zero-order valence-corrected chi connectivity index (χ0v) is 12.2. The first kappa shape index (κ1) is 14.5. The van der Waals surface area contributed by atoms with Gasteiger partial charge in [0.25, 0.3) is 5.91 Å². The average Bonchev–Trinajstić information content (AvgIpc) is 2.94. The first-order valence-corrected chi connectivity index (χ1v) is 7.16. The van der Waals surface area contributed by atoms with Crippen molar-refractivity contribution >= 4 is 22.6 Å². The van der Waals surface area contributed by atoms with Crippen molar-refractivity contribution < 1.29 is 19.4 Å². The van der Waals surface area contributed by atoms with Crippen molar-refractivity contribution in [3.63, 3.8) is 0 Å². The largest absolute Gasteiger partial charge is 0.467 e. The second-order valence-corrected chi connectivity index (χ2v) is 5.45. The van der Waals surface area contributed by atoms with Gasteiger partial charge in [0, 0.05) is 18.5 Å². The average molecular weight is 299 g/mol. The number of rotatable bonds is 2. The molecular formula is C17H17NO4. The lowest BCUT2D eigenvalue weighted by atomic mass is 10.1. The molecule has 0 bridgehead atoms. The Balaban J connectivity index is 1.92. The second kappa shape index (κ2) is 5.77. The fourth-order valence-electron chi connectivity index (χ4n) is 2.89. The molecule has 5 nitrogen and oxygen atoms in total. The summed E-state index contributed by atoms with van der Waals surface area (Å²) in [6.45, 7) is 0.144. The zero-order chi connectivity index (χ0) is 15.7. The highest BCUT2D eigenvalue weighted by atomic mass is 16.5. The maximum Gasteiger partial charge on any atom is 0.328 e. The van der Waals surface area contributed by atoms with Crippen LogP contribution in [0.4, 0.5) is 0 Å². The molecule has 0 aromatic heterocycles. The molecule has 2 atom stereocenters. The molecule has 1 aliphatic rings. The highest BCUT2D eigenvalue weighted by Gasteiger charge is 2.39. The molecular weight excluding hydrogens is 282 g/mol. The summed E-state index contributed by atoms with van der Waals surface area (Å²) in [6.07, 6.45) is -0.486. The molecule has 1 N–H and O–H groups in total. The van der Waals surface area contributed by atoms with E-state index in [9.17, 15) is 14.7 Å². The Kier molecular flexibility index (Phi) is 3.81. The van der Waals surface area contributed by atoms with Crippen LogP contribution in [-0.2, 0) is 9.53 Å². The maximum absolute atomic E-state index is 12.7. The van der Waals surface area contributed by atoms with Crippen LogP contribution in [0.5, 0.6) is 0 Å². The molecule has 1 saturated heterocycles. The second-order valence-electron chi connectivity index (χ2n) is 5.45. The number of esters is 1. The van der Waals surface area contributed by atoms with Gasteiger partial charge in [-0.25, -0.2) is 4.79 Å². The number of ether oxygens (including phenoxy) is 1. The molecule has 1 heterocycles. The predicted molar refractivity (Wildman–Crippen MR) is 81.4 cm³/mol. The Morgan fingerprint density at radius 3 is 2.64 bits per heavy atom. The Hall–Kier alpha value is -2.40. The van der Waals surface area contributed by atoms with E-state index in [1.165, 1.54) is 12.0 Å². The monoisotopic (exact) mass is 299 g/mol. The standard InChI is InChI=1S/C17H17NO4/c1-22-17(21)15-9-14(19)10-18(15)16(20)13-7-6-11-4-2-3-5-12(11)8-13/h2-8,14-15,19H,9-10H2,1H3/t14-,15-/m0/s1. The number of fused-ring (bicyclic) bond motifs is 1. The molecule has 0 unspecified atom stereocenters. The van der Waals surface area contributed by atoms with E-state index >= 15 is 0 Å². The SMILES string of the molecule is COC(=O)[C@@H]1C[C@H](O)CN1C(=O)c1ccc2ccccc2c1. The van der Waals surface area contributed by atoms with Crippen LogP contribution >= 0.6 is 0 Å². The summed E-state index contributed by atoms with van der Waals surface area (Å²) < 4.78 is 4.73. The number of aliphatic hydroxyl groups excluding tert-OH is 1. The lowest BCUT2D eigenvalue weighted by Gasteiger charge is -2.22. The van der Waals surface area contributed by atoms with Crippen molar-refractivity contribution in [3.8, 4) is 0 Å². The minimum Gasteiger partial charge on any atom is -0.467 e. The number of amides is 1. The summed E-state index contributed by atoms with van der Waals surface area (Å²) in [7, 11) is 1.28. The number of β-amino-alcohol motifs (C(OH)–C–C–N with tert-alkyl or cyclic N) is 1. The van der Waals surface area contributed by atoms with Crippen LogP contribution in [0.25, 0.3) is 10.8 Å². The normalized spacial score (nSPS) is 21.1. The molecule has 2 aromatic rings. The van der Waals surface area contributed by atoms with Gasteiger partial charge >= 0.3 is 5.97 Å². The Labute approximate surface area is 128 Å². The van der Waals surface area contributed by atoms with Gasteiger partial charge in [-0.2, -0.15) is 0 Å². The molecule has 1 aliphatic heterocycles. The quantitative estimate of drug-likeness (QED) is 0.855. The summed E-state index contributed by atoms with van der Waals surface area (Å²) in [5.74, 6) is -0.761. The summed E-state index contributed by atoms with van der Waals surface area (Å²) in [6, 6.07) is 12.5. The molecule has 114 valence electrons. The molecule has 1 fully saturated rings. The lowest BCUT2D eigenvalue weighted by molar-refractivity contribution is -0.145. The van der Waals surface area contributed by atoms with E-state index in [-0.39, 0.29) is 18.9 Å². The predicted octanol–water partition coefficient (Wildman–Crippen LogP) is 1.59. The number of aliphatic hydroxyl groups is 1. The van der Waals surface area contributed by atoms with E-state index in [1.807, 2.05) is 30.3 Å². The number of hydrogen-bond donors (Lipinski definition) is 1. The van der Waals surface area contributed by atoms with Gasteiger partial charge in [0.15, 0.2) is 0 Å². The lowest BCUT2D eigenvalue weighted by Crippen LogP contribution is -2.41. The molecule has 0 spiro atoms. The van der Waals surface area contributed by atoms with Gasteiger partial charge < -0.3 is 14.7 Å². The molecule has 1 amide bonds. The Morgan fingerprint density at radius 1 is 1.18 bits per heavy atom. The molecule has 22 heavy (non-hydrogen) atoms. The van der Waals surface area contributed by atoms with Crippen LogP contribution in [0.15, 0.2) is 42.5 Å². The molecule has 0 saturated carbocycles. The molecule has 2 aromatic carbocycles. The van der Waals surface area contributed by atoms with Gasteiger partial charge in [0.05, 0.1) is 13.2 Å². The number of carbonyl (C=O) groups is 2. The number of benzene rings is 2. The number of hydrogen-bond acceptors (Lipinski definition) is 4. The van der Waals surface area contributed by atoms with E-state index in [4.69, 9.17) is 4.74 Å². The number of nitrogens with zero attached hydrogens (tertiary/aromatic N) is 1. The maximum atomic E-state index is 12.7. The van der Waals surface area contributed by atoms with Crippen LogP contribution in [0, 0.1) is 0 Å². The van der Waals surface area contributed by atoms with E-state index in [2.05, 4.69) is 0 Å². The summed E-state index contributed by atoms with van der Waals surface area (Å²) in [4.78, 5) is 25.9. The van der Waals surface area contributed by atoms with Crippen LogP contribution in [-0.4, -0.2) is 47.7 Å². The fraction of sp³-hybridized carbons (Fsp3) is 0.294. The van der Waals surface area contributed by atoms with Crippen molar-refractivity contribution in [1.29, 1.82) is 0 Å². The number of methoxy groups -OCH3 is 1. The van der Waals surface area contributed by atoms with Gasteiger partial charge in [-0.1, -0.05) is 30.3 Å². The smallest absolute Gasteiger partial charge is 0.328 e. The van der Waals surface area contributed by atoms with E-state index in [0.29, 0.717) is 5.56 Å². The zero-order valence-electron chi connectivity index (χ0n) is 12.2. The van der Waals surface area contributed by atoms with Crippen molar-refractivity contribution in [2.75, 3.05) is 13.7 Å². The number of carbonyl (C=O) groups excluding carboxylic acids is 2. The topological polar surface area (TPSA) is 66.8 Å². The molecule has 3 rings (SSSR count). The van der Waals surface area contributed by atoms with Crippen LogP contribution in [0.2, 0.25) is 0 Å². The van der Waals surface area contributed by atoms with Gasteiger partial charge in [0.1, 0.15) is 6.04 Å². The summed E-state index contributed by atoms with van der Waals surface area (Å²) in [5, 5.41) is 11.8. The first-order valence-electron chi connectivity index (χ1n) is 7.16. The number of likely N-dealkylation sites (tertiary alicyclic amines) is 1. The molecule has 5 heteroatoms. The van der Waals surface area contributed by atoms with Crippen LogP contribution in [0.1, 0.15) is 16.8 Å². The van der Waals surface area contributed by atoms with Crippen molar-refractivity contribution in [2.45, 2.75) is 18.6 Å². The van der Waals surface area contributed by atoms with Crippen LogP contribution < -0.4 is 0 Å². The van der Waals surface area contributed by atoms with Crippen molar-refractivity contribution in [2.24, 2.45) is 0 Å². The summed E-state index contributed by atoms with van der Waals surface area (Å²) >= 11 is 0. The highest BCUT2D eigenvalue weighted by Crippen LogP contribution is 2.23. The third-order valence-electron chi connectivity index (χ3n) is 4.01. The third kappa shape index (κ3) is 2.55. The minimum atomic E-state index is -0.723. The van der Waals surface area contributed by atoms with E-state index in [0.717, 1.165) is 10.8 Å². The third-order valence-corrected chi connectivity index (χ3v) is 4.01. The highest BCUT2D eigenvalue weighted by molar-refractivity contribution is 6.00. The van der Waals surface area contributed by atoms with Crippen LogP contribution in [0.3, 0.4) is 0 Å². The van der Waals surface area contributed by atoms with Gasteiger partial charge in [0.2, 0.25) is 0 Å². The van der Waals surface area contributed by atoms with Gasteiger partial charge in [-0.05, 0) is 22.9 Å². The van der Waals surface area contributed by atoms with E-state index in [1.54, 1.807) is 12.1 Å². The van der Waals surface area contributed by atoms with Crippen molar-refractivity contribution in [3.05, 3.63) is 48.0 Å². The minimum absolute atomic E-state index is 0.144. The molecule has 0 aliphatic carbocycles. The van der Waals surface area contributed by atoms with Gasteiger partial charge in [-0.3, -0.25) is 4.79 Å². The Bertz CT molecular complexity index is 727. The van der Waals surface area contributed by atoms with E-state index < -0.39 is 18.1 Å². The summed E-state index contributed by atoms with van der Waals surface area (Å²) in [5.41, 5.74) is 0.502.